The molecule has 2 atom stereocenters. The first-order valence-corrected chi connectivity index (χ1v) is 10.2. The van der Waals surface area contributed by atoms with Crippen molar-refractivity contribution in [3.8, 4) is 0 Å². The molecular formula is C23H18N2O7. The van der Waals surface area contributed by atoms with Gasteiger partial charge in [0.2, 0.25) is 5.60 Å². The number of benzene rings is 1. The molecule has 2 heterocycles. The summed E-state index contributed by atoms with van der Waals surface area (Å²) in [5.41, 5.74) is 1.25. The van der Waals surface area contributed by atoms with E-state index >= 15 is 0 Å². The largest absolute Gasteiger partial charge is 0.457 e. The van der Waals surface area contributed by atoms with E-state index in [0.29, 0.717) is 39.7 Å². The fourth-order valence-electron chi connectivity index (χ4n) is 4.89. The Bertz CT molecular complexity index is 1320. The van der Waals surface area contributed by atoms with Crippen molar-refractivity contribution in [2.75, 3.05) is 6.61 Å². The summed E-state index contributed by atoms with van der Waals surface area (Å²) in [6, 6.07) is 6.37. The molecule has 1 aliphatic heterocycles. The molecule has 0 saturated carbocycles. The number of cyclic esters (lactones) is 1. The average molecular weight is 434 g/mol. The molecule has 0 radical (unpaired) electrons. The summed E-state index contributed by atoms with van der Waals surface area (Å²) in [6.45, 7) is 2.70. The molecule has 0 amide bonds. The Balaban J connectivity index is 1.72. The third-order valence-corrected chi connectivity index (χ3v) is 6.35. The van der Waals surface area contributed by atoms with E-state index in [-0.39, 0.29) is 24.5 Å². The lowest BCUT2D eigenvalue weighted by atomic mass is 9.75. The van der Waals surface area contributed by atoms with Crippen LogP contribution < -0.4 is 0 Å². The van der Waals surface area contributed by atoms with Gasteiger partial charge in [0.25, 0.3) is 5.69 Å². The summed E-state index contributed by atoms with van der Waals surface area (Å²) in [6.07, 6.45) is 2.17. The highest BCUT2D eigenvalue weighted by molar-refractivity contribution is 6.12. The van der Waals surface area contributed by atoms with Crippen LogP contribution in [0.15, 0.2) is 41.5 Å². The lowest BCUT2D eigenvalue weighted by molar-refractivity contribution is -0.383. The predicted octanol–water partition coefficient (Wildman–Crippen LogP) is 2.85. The third-order valence-electron chi connectivity index (χ3n) is 6.35. The fraction of sp³-hybridized carbons (Fsp3) is 0.304. The number of allylic oxidation sites excluding steroid dienone is 1. The Morgan fingerprint density at radius 2 is 2.16 bits per heavy atom. The Hall–Kier alpha value is -3.88. The maximum Gasteiger partial charge on any atom is 0.355 e. The molecule has 0 N–H and O–H groups in total. The summed E-state index contributed by atoms with van der Waals surface area (Å²) in [5.74, 6) is -2.12. The Kier molecular flexibility index (Phi) is 4.27. The molecule has 1 unspecified atom stereocenters. The van der Waals surface area contributed by atoms with Crippen molar-refractivity contribution in [3.05, 3.63) is 62.9 Å². The standard InChI is InChI=1S/C23H18N2O7/c1-3-23(32-11(2)26)17-9-13-14(21(27)16(17)10-31-22(23)28)7-12-8-15-18(24-20(12)13)5-4-6-19(15)25(29)30/h4-6,8-9,14H,3,7,10H2,1-2H3/t14?,23-/m0/s1. The molecule has 0 fully saturated rings. The molecule has 2 aromatic rings. The maximum atomic E-state index is 13.4. The SMILES string of the molecule is CC[C@@]1(OC(C)=O)C(=O)OCC2=C1C=C1c3nc4cccc([N+](=O)[O-])c4cc3CC1C2=O. The number of ether oxygens (including phenoxy) is 2. The summed E-state index contributed by atoms with van der Waals surface area (Å²) in [5, 5.41) is 11.8. The van der Waals surface area contributed by atoms with E-state index in [1.165, 1.54) is 13.0 Å². The first-order chi connectivity index (χ1) is 15.3. The van der Waals surface area contributed by atoms with Crippen LogP contribution in [0.3, 0.4) is 0 Å². The predicted molar refractivity (Wildman–Crippen MR) is 111 cm³/mol. The summed E-state index contributed by atoms with van der Waals surface area (Å²) in [4.78, 5) is 53.5. The second kappa shape index (κ2) is 6.81. The highest BCUT2D eigenvalue weighted by Gasteiger charge is 2.53. The van der Waals surface area contributed by atoms with Gasteiger partial charge in [-0.3, -0.25) is 19.7 Å². The molecule has 32 heavy (non-hydrogen) atoms. The average Bonchev–Trinajstić information content (AvgIpc) is 3.11. The van der Waals surface area contributed by atoms with Crippen LogP contribution in [-0.4, -0.2) is 39.8 Å². The van der Waals surface area contributed by atoms with Crippen LogP contribution in [0.25, 0.3) is 16.5 Å². The Morgan fingerprint density at radius 3 is 2.84 bits per heavy atom. The van der Waals surface area contributed by atoms with Crippen molar-refractivity contribution in [3.63, 3.8) is 0 Å². The second-order valence-electron chi connectivity index (χ2n) is 8.06. The molecule has 162 valence electrons. The zero-order valence-corrected chi connectivity index (χ0v) is 17.3. The first-order valence-electron chi connectivity index (χ1n) is 10.2. The van der Waals surface area contributed by atoms with Crippen molar-refractivity contribution in [2.24, 2.45) is 5.92 Å². The fourth-order valence-corrected chi connectivity index (χ4v) is 4.89. The van der Waals surface area contributed by atoms with Gasteiger partial charge in [-0.2, -0.15) is 0 Å². The van der Waals surface area contributed by atoms with Crippen molar-refractivity contribution >= 4 is 39.9 Å². The van der Waals surface area contributed by atoms with E-state index in [1.54, 1.807) is 31.2 Å². The quantitative estimate of drug-likeness (QED) is 0.410. The molecule has 0 saturated heterocycles. The number of nitro benzene ring substituents is 1. The summed E-state index contributed by atoms with van der Waals surface area (Å²) < 4.78 is 10.7. The van der Waals surface area contributed by atoms with Gasteiger partial charge in [-0.05, 0) is 42.2 Å². The molecule has 1 aromatic carbocycles. The molecule has 5 rings (SSSR count). The van der Waals surface area contributed by atoms with Crippen molar-refractivity contribution in [1.29, 1.82) is 0 Å². The number of Topliss-reactive ketones (excluding diaryl/α,β-unsaturated/α-hetero) is 1. The van der Waals surface area contributed by atoms with Crippen molar-refractivity contribution in [2.45, 2.75) is 32.3 Å². The van der Waals surface area contributed by atoms with Crippen molar-refractivity contribution in [1.82, 2.24) is 4.98 Å². The number of carbonyl (C=O) groups excluding carboxylic acids is 3. The number of hydrogen-bond donors (Lipinski definition) is 0. The van der Waals surface area contributed by atoms with Gasteiger partial charge in [-0.1, -0.05) is 13.0 Å². The Labute approximate surface area is 181 Å². The van der Waals surface area contributed by atoms with Crippen LogP contribution in [0.1, 0.15) is 31.5 Å². The van der Waals surface area contributed by atoms with Crippen LogP contribution in [-0.2, 0) is 30.3 Å². The second-order valence-corrected chi connectivity index (χ2v) is 8.06. The minimum absolute atomic E-state index is 0.0516. The summed E-state index contributed by atoms with van der Waals surface area (Å²) in [7, 11) is 0. The number of non-ortho nitro benzene ring substituents is 1. The van der Waals surface area contributed by atoms with Gasteiger partial charge in [0.05, 0.1) is 27.4 Å². The summed E-state index contributed by atoms with van der Waals surface area (Å²) >= 11 is 0. The van der Waals surface area contributed by atoms with Crippen LogP contribution >= 0.6 is 0 Å². The number of rotatable bonds is 3. The number of pyridine rings is 1. The number of fused-ring (bicyclic) bond motifs is 4. The highest BCUT2D eigenvalue weighted by Crippen LogP contribution is 2.48. The molecule has 0 bridgehead atoms. The molecule has 9 nitrogen and oxygen atoms in total. The number of ketones is 1. The van der Waals surface area contributed by atoms with Crippen LogP contribution in [0, 0.1) is 16.0 Å². The number of esters is 2. The zero-order chi connectivity index (χ0) is 22.8. The van der Waals surface area contributed by atoms with Crippen LogP contribution in [0.2, 0.25) is 0 Å². The lowest BCUT2D eigenvalue weighted by Crippen LogP contribution is -2.50. The maximum absolute atomic E-state index is 13.4. The molecule has 2 aliphatic carbocycles. The van der Waals surface area contributed by atoms with E-state index in [4.69, 9.17) is 9.47 Å². The third kappa shape index (κ3) is 2.63. The minimum atomic E-state index is -1.69. The van der Waals surface area contributed by atoms with Gasteiger partial charge in [-0.15, -0.1) is 0 Å². The van der Waals surface area contributed by atoms with E-state index in [1.807, 2.05) is 0 Å². The normalized spacial score (nSPS) is 23.8. The van der Waals surface area contributed by atoms with Gasteiger partial charge in [0.15, 0.2) is 5.78 Å². The number of carbonyl (C=O) groups is 3. The number of hydrogen-bond acceptors (Lipinski definition) is 8. The van der Waals surface area contributed by atoms with Gasteiger partial charge in [0.1, 0.15) is 6.61 Å². The minimum Gasteiger partial charge on any atom is -0.457 e. The number of aromatic nitrogens is 1. The van der Waals surface area contributed by atoms with Gasteiger partial charge < -0.3 is 9.47 Å². The van der Waals surface area contributed by atoms with E-state index < -0.39 is 28.4 Å². The number of nitro groups is 1. The molecule has 0 spiro atoms. The topological polar surface area (TPSA) is 126 Å². The molecular weight excluding hydrogens is 416 g/mol. The van der Waals surface area contributed by atoms with Gasteiger partial charge in [0, 0.05) is 24.1 Å². The highest BCUT2D eigenvalue weighted by atomic mass is 16.6. The van der Waals surface area contributed by atoms with Crippen LogP contribution in [0.5, 0.6) is 0 Å². The number of nitrogens with zero attached hydrogens (tertiary/aromatic N) is 2. The van der Waals surface area contributed by atoms with Crippen molar-refractivity contribution < 1.29 is 28.8 Å². The van der Waals surface area contributed by atoms with Crippen LogP contribution in [0.4, 0.5) is 5.69 Å². The zero-order valence-electron chi connectivity index (χ0n) is 17.3. The molecule has 3 aliphatic rings. The molecule has 9 heteroatoms. The van der Waals surface area contributed by atoms with Gasteiger partial charge in [-0.25, -0.2) is 9.78 Å². The van der Waals surface area contributed by atoms with E-state index in [2.05, 4.69) is 4.98 Å². The van der Waals surface area contributed by atoms with E-state index in [9.17, 15) is 24.5 Å². The first kappa shape index (κ1) is 20.0. The smallest absolute Gasteiger partial charge is 0.355 e. The van der Waals surface area contributed by atoms with E-state index in [0.717, 1.165) is 5.56 Å². The lowest BCUT2D eigenvalue weighted by Gasteiger charge is -2.38. The van der Waals surface area contributed by atoms with Gasteiger partial charge >= 0.3 is 11.9 Å². The monoisotopic (exact) mass is 434 g/mol. The Morgan fingerprint density at radius 1 is 1.38 bits per heavy atom. The molecule has 1 aromatic heterocycles.